The Hall–Kier alpha value is -0.380. The van der Waals surface area contributed by atoms with Crippen molar-refractivity contribution < 1.29 is 4.79 Å². The maximum absolute atomic E-state index is 10.9. The van der Waals surface area contributed by atoms with Crippen LogP contribution in [0.15, 0.2) is 30.3 Å². The summed E-state index contributed by atoms with van der Waals surface area (Å²) in [6, 6.07) is 10.1. The molecule has 0 aliphatic carbocycles. The van der Waals surface area contributed by atoms with Crippen molar-refractivity contribution in [1.82, 2.24) is 0 Å². The van der Waals surface area contributed by atoms with Crippen LogP contribution in [0.25, 0.3) is 0 Å². The molecular formula is C10H11IO. The molecule has 0 N–H and O–H groups in total. The molecule has 1 aromatic rings. The lowest BCUT2D eigenvalue weighted by atomic mass is 10.1. The van der Waals surface area contributed by atoms with Crippen molar-refractivity contribution in [3.05, 3.63) is 35.9 Å². The Kier molecular flexibility index (Phi) is 3.72. The molecule has 64 valence electrons. The first-order valence-corrected chi connectivity index (χ1v) is 5.13. The predicted molar refractivity (Wildman–Crippen MR) is 58.6 cm³/mol. The van der Waals surface area contributed by atoms with Gasteiger partial charge in [0.05, 0.1) is 3.92 Å². The molecule has 0 bridgehead atoms. The van der Waals surface area contributed by atoms with Crippen LogP contribution in [0.4, 0.5) is 0 Å². The van der Waals surface area contributed by atoms with Gasteiger partial charge in [0.15, 0.2) is 0 Å². The third kappa shape index (κ3) is 2.93. The molecule has 1 nitrogen and oxygen atoms in total. The van der Waals surface area contributed by atoms with Gasteiger partial charge in [-0.2, -0.15) is 0 Å². The van der Waals surface area contributed by atoms with Gasteiger partial charge in [0.1, 0.15) is 5.78 Å². The van der Waals surface area contributed by atoms with Crippen molar-refractivity contribution in [1.29, 1.82) is 0 Å². The number of halogens is 1. The molecule has 12 heavy (non-hydrogen) atoms. The van der Waals surface area contributed by atoms with Gasteiger partial charge in [-0.15, -0.1) is 0 Å². The standard InChI is InChI=1S/C10H11IO/c1-8(12)10(11)7-9-5-3-2-4-6-9/h2-6,10H,7H2,1H3. The highest BCUT2D eigenvalue weighted by Crippen LogP contribution is 2.10. The molecule has 1 rings (SSSR count). The fraction of sp³-hybridized carbons (Fsp3) is 0.300. The number of hydrogen-bond acceptors (Lipinski definition) is 1. The Bertz CT molecular complexity index is 256. The second-order valence-corrected chi connectivity index (χ2v) is 4.27. The number of rotatable bonds is 3. The molecule has 1 atom stereocenters. The number of benzene rings is 1. The largest absolute Gasteiger partial charge is 0.299 e. The van der Waals surface area contributed by atoms with E-state index in [4.69, 9.17) is 0 Å². The Labute approximate surface area is 86.3 Å². The van der Waals surface area contributed by atoms with Gasteiger partial charge in [0.2, 0.25) is 0 Å². The van der Waals surface area contributed by atoms with E-state index in [1.165, 1.54) is 5.56 Å². The van der Waals surface area contributed by atoms with E-state index in [-0.39, 0.29) is 9.71 Å². The summed E-state index contributed by atoms with van der Waals surface area (Å²) in [6.45, 7) is 1.64. The molecule has 1 unspecified atom stereocenters. The number of ketones is 1. The van der Waals surface area contributed by atoms with Crippen LogP contribution in [-0.2, 0) is 11.2 Å². The molecule has 0 aromatic heterocycles. The van der Waals surface area contributed by atoms with E-state index in [9.17, 15) is 4.79 Å². The third-order valence-corrected chi connectivity index (χ3v) is 3.02. The SMILES string of the molecule is CC(=O)C(I)Cc1ccccc1. The van der Waals surface area contributed by atoms with Gasteiger partial charge in [-0.05, 0) is 18.9 Å². The highest BCUT2D eigenvalue weighted by molar-refractivity contribution is 14.1. The molecule has 1 aromatic carbocycles. The van der Waals surface area contributed by atoms with Crippen molar-refractivity contribution in [2.45, 2.75) is 17.3 Å². The van der Waals surface area contributed by atoms with Crippen LogP contribution in [0.5, 0.6) is 0 Å². The molecule has 0 saturated heterocycles. The summed E-state index contributed by atoms with van der Waals surface area (Å²) in [4.78, 5) is 10.9. The zero-order valence-corrected chi connectivity index (χ0v) is 9.11. The lowest BCUT2D eigenvalue weighted by Crippen LogP contribution is -2.12. The first-order chi connectivity index (χ1) is 5.70. The maximum Gasteiger partial charge on any atom is 0.142 e. The zero-order chi connectivity index (χ0) is 8.97. The van der Waals surface area contributed by atoms with E-state index < -0.39 is 0 Å². The average Bonchev–Trinajstić information content (AvgIpc) is 2.06. The Morgan fingerprint density at radius 2 is 2.00 bits per heavy atom. The topological polar surface area (TPSA) is 17.1 Å². The molecule has 0 amide bonds. The summed E-state index contributed by atoms with van der Waals surface area (Å²) in [5, 5.41) is 0. The molecule has 0 spiro atoms. The first-order valence-electron chi connectivity index (χ1n) is 3.88. The number of carbonyl (C=O) groups is 1. The zero-order valence-electron chi connectivity index (χ0n) is 6.96. The van der Waals surface area contributed by atoms with E-state index >= 15 is 0 Å². The minimum absolute atomic E-state index is 0.116. The van der Waals surface area contributed by atoms with Gasteiger partial charge in [-0.3, -0.25) is 4.79 Å². The van der Waals surface area contributed by atoms with Crippen molar-refractivity contribution in [3.8, 4) is 0 Å². The van der Waals surface area contributed by atoms with E-state index in [1.54, 1.807) is 6.92 Å². The van der Waals surface area contributed by atoms with E-state index in [0.717, 1.165) is 6.42 Å². The van der Waals surface area contributed by atoms with Gasteiger partial charge in [0, 0.05) is 0 Å². The lowest BCUT2D eigenvalue weighted by Gasteiger charge is -2.04. The number of alkyl halides is 1. The number of Topliss-reactive ketones (excluding diaryl/α,β-unsaturated/α-hetero) is 1. The van der Waals surface area contributed by atoms with E-state index in [0.29, 0.717) is 0 Å². The van der Waals surface area contributed by atoms with Crippen LogP contribution in [0.1, 0.15) is 12.5 Å². The Balaban J connectivity index is 2.58. The molecule has 0 aliphatic heterocycles. The van der Waals surface area contributed by atoms with Crippen LogP contribution in [0.2, 0.25) is 0 Å². The first kappa shape index (κ1) is 9.71. The van der Waals surface area contributed by atoms with Gasteiger partial charge < -0.3 is 0 Å². The van der Waals surface area contributed by atoms with Crippen LogP contribution >= 0.6 is 22.6 Å². The van der Waals surface area contributed by atoms with Crippen LogP contribution < -0.4 is 0 Å². The summed E-state index contributed by atoms with van der Waals surface area (Å²) in [7, 11) is 0. The molecule has 0 saturated carbocycles. The van der Waals surface area contributed by atoms with Crippen LogP contribution in [-0.4, -0.2) is 9.71 Å². The second-order valence-electron chi connectivity index (χ2n) is 2.77. The molecule has 0 radical (unpaired) electrons. The van der Waals surface area contributed by atoms with Crippen LogP contribution in [0, 0.1) is 0 Å². The van der Waals surface area contributed by atoms with Gasteiger partial charge in [-0.25, -0.2) is 0 Å². The number of hydrogen-bond donors (Lipinski definition) is 0. The highest BCUT2D eigenvalue weighted by Gasteiger charge is 2.09. The predicted octanol–water partition coefficient (Wildman–Crippen LogP) is 2.62. The van der Waals surface area contributed by atoms with Crippen molar-refractivity contribution in [3.63, 3.8) is 0 Å². The minimum atomic E-state index is 0.116. The van der Waals surface area contributed by atoms with Gasteiger partial charge >= 0.3 is 0 Å². The highest BCUT2D eigenvalue weighted by atomic mass is 127. The van der Waals surface area contributed by atoms with Gasteiger partial charge in [0.25, 0.3) is 0 Å². The van der Waals surface area contributed by atoms with E-state index in [2.05, 4.69) is 34.7 Å². The fourth-order valence-electron chi connectivity index (χ4n) is 0.965. The van der Waals surface area contributed by atoms with E-state index in [1.807, 2.05) is 18.2 Å². The monoisotopic (exact) mass is 274 g/mol. The average molecular weight is 274 g/mol. The molecule has 0 fully saturated rings. The summed E-state index contributed by atoms with van der Waals surface area (Å²) in [5.74, 6) is 0.249. The summed E-state index contributed by atoms with van der Waals surface area (Å²) >= 11 is 2.19. The number of carbonyl (C=O) groups excluding carboxylic acids is 1. The lowest BCUT2D eigenvalue weighted by molar-refractivity contribution is -0.116. The molecule has 0 heterocycles. The molecular weight excluding hydrogens is 263 g/mol. The van der Waals surface area contributed by atoms with Gasteiger partial charge in [-0.1, -0.05) is 52.9 Å². The Morgan fingerprint density at radius 3 is 2.50 bits per heavy atom. The normalized spacial score (nSPS) is 12.5. The van der Waals surface area contributed by atoms with Crippen LogP contribution in [0.3, 0.4) is 0 Å². The molecule has 2 heteroatoms. The second kappa shape index (κ2) is 4.60. The molecule has 0 aliphatic rings. The Morgan fingerprint density at radius 1 is 1.42 bits per heavy atom. The minimum Gasteiger partial charge on any atom is -0.299 e. The summed E-state index contributed by atoms with van der Waals surface area (Å²) in [5.41, 5.74) is 1.23. The van der Waals surface area contributed by atoms with Crippen molar-refractivity contribution >= 4 is 28.4 Å². The maximum atomic E-state index is 10.9. The third-order valence-electron chi connectivity index (χ3n) is 1.70. The van der Waals surface area contributed by atoms with Crippen molar-refractivity contribution in [2.75, 3.05) is 0 Å². The summed E-state index contributed by atoms with van der Waals surface area (Å²) < 4.78 is 0.116. The fourth-order valence-corrected chi connectivity index (χ4v) is 1.47. The summed E-state index contributed by atoms with van der Waals surface area (Å²) in [6.07, 6.45) is 0.844. The van der Waals surface area contributed by atoms with Crippen molar-refractivity contribution in [2.24, 2.45) is 0 Å². The smallest absolute Gasteiger partial charge is 0.142 e. The quantitative estimate of drug-likeness (QED) is 0.611.